The minimum atomic E-state index is -0.463. The standard InChI is InChI=1S/C24H20ClFN2O3S/c1-31-17-6-4-5-16(12-17)28-22(29)21-18-7-2-3-8-20(18)32-23(21)27(24(28)30)13-14-9-10-15(26)11-19(14)25/h4-6,9-12H,2-3,7-8,13H2,1H3. The molecule has 0 saturated carbocycles. The van der Waals surface area contributed by atoms with E-state index in [2.05, 4.69) is 0 Å². The van der Waals surface area contributed by atoms with Crippen molar-refractivity contribution in [3.05, 3.63) is 90.1 Å². The van der Waals surface area contributed by atoms with Crippen molar-refractivity contribution in [3.63, 3.8) is 0 Å². The lowest BCUT2D eigenvalue weighted by atomic mass is 9.97. The SMILES string of the molecule is COc1cccc(-n2c(=O)c3c4c(sc3n(Cc3ccc(F)cc3Cl)c2=O)CCCC4)c1. The van der Waals surface area contributed by atoms with Crippen molar-refractivity contribution in [3.8, 4) is 11.4 Å². The van der Waals surface area contributed by atoms with Crippen molar-refractivity contribution < 1.29 is 9.13 Å². The van der Waals surface area contributed by atoms with E-state index in [9.17, 15) is 14.0 Å². The first-order valence-electron chi connectivity index (χ1n) is 10.4. The number of benzene rings is 2. The van der Waals surface area contributed by atoms with E-state index in [1.807, 2.05) is 0 Å². The molecule has 0 N–H and O–H groups in total. The highest BCUT2D eigenvalue weighted by molar-refractivity contribution is 7.18. The molecule has 1 aliphatic carbocycles. The molecule has 164 valence electrons. The molecule has 8 heteroatoms. The zero-order valence-electron chi connectivity index (χ0n) is 17.4. The summed E-state index contributed by atoms with van der Waals surface area (Å²) in [5.41, 5.74) is 1.31. The molecular formula is C24H20ClFN2O3S. The third-order valence-corrected chi connectivity index (χ3v) is 7.56. The third kappa shape index (κ3) is 3.45. The summed E-state index contributed by atoms with van der Waals surface area (Å²) in [5, 5.41) is 0.829. The molecule has 0 aliphatic heterocycles. The first-order valence-corrected chi connectivity index (χ1v) is 11.6. The average Bonchev–Trinajstić information content (AvgIpc) is 3.18. The van der Waals surface area contributed by atoms with Gasteiger partial charge < -0.3 is 4.74 Å². The molecule has 2 aromatic heterocycles. The van der Waals surface area contributed by atoms with Gasteiger partial charge in [0.05, 0.1) is 24.7 Å². The Labute approximate surface area is 192 Å². The van der Waals surface area contributed by atoms with Crippen LogP contribution in [0.25, 0.3) is 15.9 Å². The van der Waals surface area contributed by atoms with Crippen molar-refractivity contribution in [1.82, 2.24) is 9.13 Å². The van der Waals surface area contributed by atoms with Crippen LogP contribution in [-0.2, 0) is 19.4 Å². The normalized spacial score (nSPS) is 13.3. The number of hydrogen-bond donors (Lipinski definition) is 0. The maximum atomic E-state index is 13.7. The van der Waals surface area contributed by atoms with Gasteiger partial charge in [-0.05, 0) is 61.1 Å². The number of rotatable bonds is 4. The van der Waals surface area contributed by atoms with Crippen molar-refractivity contribution in [2.75, 3.05) is 7.11 Å². The number of aryl methyl sites for hydroxylation is 2. The van der Waals surface area contributed by atoms with Gasteiger partial charge in [0.15, 0.2) is 0 Å². The molecular weight excluding hydrogens is 451 g/mol. The average molecular weight is 471 g/mol. The molecule has 0 amide bonds. The van der Waals surface area contributed by atoms with Crippen molar-refractivity contribution in [1.29, 1.82) is 0 Å². The van der Waals surface area contributed by atoms with E-state index in [0.717, 1.165) is 36.1 Å². The van der Waals surface area contributed by atoms with Gasteiger partial charge in [-0.3, -0.25) is 9.36 Å². The smallest absolute Gasteiger partial charge is 0.337 e. The Morgan fingerprint density at radius 3 is 2.72 bits per heavy atom. The van der Waals surface area contributed by atoms with Gasteiger partial charge in [-0.2, -0.15) is 0 Å². The van der Waals surface area contributed by atoms with E-state index >= 15 is 0 Å². The molecule has 4 aromatic rings. The summed E-state index contributed by atoms with van der Waals surface area (Å²) in [7, 11) is 1.54. The first kappa shape index (κ1) is 21.0. The Morgan fingerprint density at radius 2 is 1.94 bits per heavy atom. The van der Waals surface area contributed by atoms with E-state index in [1.54, 1.807) is 34.9 Å². The summed E-state index contributed by atoms with van der Waals surface area (Å²) >= 11 is 7.78. The summed E-state index contributed by atoms with van der Waals surface area (Å²) in [6.45, 7) is 0.137. The zero-order chi connectivity index (χ0) is 22.4. The number of nitrogens with zero attached hydrogens (tertiary/aromatic N) is 2. The minimum absolute atomic E-state index is 0.137. The van der Waals surface area contributed by atoms with Gasteiger partial charge in [-0.15, -0.1) is 11.3 Å². The van der Waals surface area contributed by atoms with Crippen LogP contribution >= 0.6 is 22.9 Å². The van der Waals surface area contributed by atoms with Gasteiger partial charge in [0, 0.05) is 16.0 Å². The van der Waals surface area contributed by atoms with Crippen LogP contribution in [0.2, 0.25) is 5.02 Å². The lowest BCUT2D eigenvalue weighted by molar-refractivity contribution is 0.414. The minimum Gasteiger partial charge on any atom is -0.497 e. The van der Waals surface area contributed by atoms with E-state index in [1.165, 1.54) is 35.1 Å². The van der Waals surface area contributed by atoms with Crippen LogP contribution in [0, 0.1) is 5.82 Å². The van der Waals surface area contributed by atoms with Crippen LogP contribution in [0.15, 0.2) is 52.1 Å². The second-order valence-electron chi connectivity index (χ2n) is 7.84. The molecule has 5 rings (SSSR count). The second-order valence-corrected chi connectivity index (χ2v) is 9.33. The van der Waals surface area contributed by atoms with Crippen LogP contribution in [0.4, 0.5) is 4.39 Å². The van der Waals surface area contributed by atoms with Gasteiger partial charge >= 0.3 is 5.69 Å². The van der Waals surface area contributed by atoms with Crippen molar-refractivity contribution in [2.24, 2.45) is 0 Å². The Hall–Kier alpha value is -2.90. The van der Waals surface area contributed by atoms with Crippen LogP contribution in [0.5, 0.6) is 5.75 Å². The molecule has 0 atom stereocenters. The maximum Gasteiger partial charge on any atom is 0.337 e. The highest BCUT2D eigenvalue weighted by Gasteiger charge is 2.24. The summed E-state index contributed by atoms with van der Waals surface area (Å²) in [6.07, 6.45) is 3.80. The summed E-state index contributed by atoms with van der Waals surface area (Å²) in [5.74, 6) is 0.110. The largest absolute Gasteiger partial charge is 0.497 e. The van der Waals surface area contributed by atoms with Gasteiger partial charge in [-0.25, -0.2) is 13.8 Å². The number of ether oxygens (including phenoxy) is 1. The molecule has 0 radical (unpaired) electrons. The Balaban J connectivity index is 1.83. The molecule has 0 spiro atoms. The highest BCUT2D eigenvalue weighted by Crippen LogP contribution is 2.35. The zero-order valence-corrected chi connectivity index (χ0v) is 18.9. The number of aromatic nitrogens is 2. The van der Waals surface area contributed by atoms with Gasteiger partial charge in [0.1, 0.15) is 16.4 Å². The summed E-state index contributed by atoms with van der Waals surface area (Å²) < 4.78 is 21.7. The quantitative estimate of drug-likeness (QED) is 0.424. The van der Waals surface area contributed by atoms with E-state index in [4.69, 9.17) is 16.3 Å². The third-order valence-electron chi connectivity index (χ3n) is 5.89. The number of thiophene rings is 1. The molecule has 5 nitrogen and oxygen atoms in total. The van der Waals surface area contributed by atoms with Crippen LogP contribution in [-0.4, -0.2) is 16.2 Å². The summed E-state index contributed by atoms with van der Waals surface area (Å²) in [6, 6.07) is 11.0. The molecule has 0 unspecified atom stereocenters. The lowest BCUT2D eigenvalue weighted by Crippen LogP contribution is -2.39. The van der Waals surface area contributed by atoms with Gasteiger partial charge in [-0.1, -0.05) is 23.7 Å². The first-order chi connectivity index (χ1) is 15.5. The van der Waals surface area contributed by atoms with Crippen LogP contribution < -0.4 is 16.0 Å². The monoisotopic (exact) mass is 470 g/mol. The summed E-state index contributed by atoms with van der Waals surface area (Å²) in [4.78, 5) is 29.1. The lowest BCUT2D eigenvalue weighted by Gasteiger charge is -2.14. The predicted octanol–water partition coefficient (Wildman–Crippen LogP) is 4.94. The highest BCUT2D eigenvalue weighted by atomic mass is 35.5. The van der Waals surface area contributed by atoms with Crippen molar-refractivity contribution >= 4 is 33.2 Å². The van der Waals surface area contributed by atoms with E-state index in [-0.39, 0.29) is 17.1 Å². The molecule has 1 aliphatic rings. The van der Waals surface area contributed by atoms with Crippen LogP contribution in [0.1, 0.15) is 28.8 Å². The Kier molecular flexibility index (Phi) is 5.39. The molecule has 2 heterocycles. The fraction of sp³-hybridized carbons (Fsp3) is 0.250. The Bertz CT molecular complexity index is 1470. The van der Waals surface area contributed by atoms with E-state index in [0.29, 0.717) is 27.2 Å². The van der Waals surface area contributed by atoms with E-state index < -0.39 is 11.5 Å². The molecule has 0 saturated heterocycles. The second kappa shape index (κ2) is 8.22. The molecule has 0 bridgehead atoms. The topological polar surface area (TPSA) is 53.2 Å². The number of halogens is 2. The fourth-order valence-electron chi connectivity index (χ4n) is 4.31. The predicted molar refractivity (Wildman–Crippen MR) is 125 cm³/mol. The van der Waals surface area contributed by atoms with Gasteiger partial charge in [0.2, 0.25) is 0 Å². The molecule has 2 aromatic carbocycles. The maximum absolute atomic E-state index is 13.7. The van der Waals surface area contributed by atoms with Crippen LogP contribution in [0.3, 0.4) is 0 Å². The van der Waals surface area contributed by atoms with Crippen molar-refractivity contribution in [2.45, 2.75) is 32.2 Å². The molecule has 32 heavy (non-hydrogen) atoms. The Morgan fingerprint density at radius 1 is 1.12 bits per heavy atom. The number of fused-ring (bicyclic) bond motifs is 3. The van der Waals surface area contributed by atoms with Gasteiger partial charge in [0.25, 0.3) is 5.56 Å². The number of methoxy groups -OCH3 is 1. The molecule has 0 fully saturated rings. The number of hydrogen-bond acceptors (Lipinski definition) is 4. The fourth-order valence-corrected chi connectivity index (χ4v) is 5.90.